The minimum atomic E-state index is -0.508. The first kappa shape index (κ1) is 22.2. The first-order chi connectivity index (χ1) is 14.7. The molecule has 9 heteroatoms. The Balaban J connectivity index is 1.78. The third-order valence-electron chi connectivity index (χ3n) is 4.48. The van der Waals surface area contributed by atoms with Gasteiger partial charge in [-0.25, -0.2) is 0 Å². The number of aromatic amines is 1. The van der Waals surface area contributed by atoms with E-state index in [1.165, 1.54) is 6.92 Å². The molecule has 0 radical (unpaired) electrons. The van der Waals surface area contributed by atoms with Crippen LogP contribution in [0.25, 0.3) is 11.3 Å². The van der Waals surface area contributed by atoms with Gasteiger partial charge in [0.1, 0.15) is 0 Å². The van der Waals surface area contributed by atoms with E-state index in [0.717, 1.165) is 22.9 Å². The molecule has 31 heavy (non-hydrogen) atoms. The van der Waals surface area contributed by atoms with Crippen LogP contribution >= 0.6 is 11.8 Å². The number of hydrogen-bond donors (Lipinski definition) is 3. The third-order valence-corrected chi connectivity index (χ3v) is 5.46. The Bertz CT molecular complexity index is 1170. The number of H-pyrrole nitrogens is 1. The molecule has 0 saturated heterocycles. The van der Waals surface area contributed by atoms with Crippen molar-refractivity contribution < 1.29 is 9.59 Å². The molecule has 1 aromatic heterocycles. The zero-order chi connectivity index (χ0) is 22.5. The SMILES string of the molecule is CC(=O)Nc1c(C)cccc1-c1nnc(SC(C)C(=O)Nc2ccc(C)cc2)[nH]c1=O. The number of aromatic nitrogens is 3. The number of para-hydroxylation sites is 1. The lowest BCUT2D eigenvalue weighted by molar-refractivity contribution is -0.115. The summed E-state index contributed by atoms with van der Waals surface area (Å²) in [6.07, 6.45) is 0. The number of hydrogen-bond acceptors (Lipinski definition) is 6. The lowest BCUT2D eigenvalue weighted by Crippen LogP contribution is -2.23. The molecule has 0 bridgehead atoms. The van der Waals surface area contributed by atoms with E-state index in [9.17, 15) is 14.4 Å². The van der Waals surface area contributed by atoms with Gasteiger partial charge in [0.2, 0.25) is 11.8 Å². The Morgan fingerprint density at radius 3 is 2.39 bits per heavy atom. The zero-order valence-corrected chi connectivity index (χ0v) is 18.5. The minimum absolute atomic E-state index is 0.0913. The standard InChI is InChI=1S/C22H23N5O3S/c1-12-8-10-16(11-9-12)24-20(29)14(3)31-22-25-21(30)19(26-27-22)17-7-5-6-13(2)18(17)23-15(4)28/h5-11,14H,1-4H3,(H,23,28)(H,24,29)(H,25,27,30). The molecule has 3 rings (SSSR count). The summed E-state index contributed by atoms with van der Waals surface area (Å²) in [7, 11) is 0. The summed E-state index contributed by atoms with van der Waals surface area (Å²) in [6, 6.07) is 12.8. The van der Waals surface area contributed by atoms with Gasteiger partial charge in [0.05, 0.1) is 10.9 Å². The second-order valence-corrected chi connectivity index (χ2v) is 8.43. The summed E-state index contributed by atoms with van der Waals surface area (Å²) in [5.74, 6) is -0.465. The number of nitrogens with one attached hydrogen (secondary N) is 3. The Hall–Kier alpha value is -3.46. The number of aryl methyl sites for hydroxylation is 2. The smallest absolute Gasteiger partial charge is 0.278 e. The highest BCUT2D eigenvalue weighted by molar-refractivity contribution is 8.00. The number of amides is 2. The Kier molecular flexibility index (Phi) is 6.86. The van der Waals surface area contributed by atoms with Crippen molar-refractivity contribution in [1.82, 2.24) is 15.2 Å². The van der Waals surface area contributed by atoms with Gasteiger partial charge in [-0.1, -0.05) is 47.7 Å². The van der Waals surface area contributed by atoms with Crippen molar-refractivity contribution >= 4 is 35.0 Å². The molecule has 8 nitrogen and oxygen atoms in total. The van der Waals surface area contributed by atoms with Gasteiger partial charge in [0.15, 0.2) is 10.9 Å². The van der Waals surface area contributed by atoms with Crippen LogP contribution in [0, 0.1) is 13.8 Å². The Morgan fingerprint density at radius 1 is 1.03 bits per heavy atom. The van der Waals surface area contributed by atoms with E-state index in [-0.39, 0.29) is 22.7 Å². The number of anilines is 2. The fourth-order valence-electron chi connectivity index (χ4n) is 2.86. The number of thioether (sulfide) groups is 1. The van der Waals surface area contributed by atoms with Gasteiger partial charge in [-0.2, -0.15) is 0 Å². The summed E-state index contributed by atoms with van der Waals surface area (Å²) in [5, 5.41) is 13.4. The van der Waals surface area contributed by atoms with E-state index in [0.29, 0.717) is 16.9 Å². The molecule has 2 amide bonds. The predicted octanol–water partition coefficient (Wildman–Crippen LogP) is 3.53. The van der Waals surface area contributed by atoms with E-state index in [1.54, 1.807) is 19.1 Å². The summed E-state index contributed by atoms with van der Waals surface area (Å²) >= 11 is 1.10. The number of rotatable bonds is 6. The Labute approximate surface area is 183 Å². The largest absolute Gasteiger partial charge is 0.325 e. The molecule has 0 fully saturated rings. The maximum atomic E-state index is 12.7. The molecule has 0 saturated carbocycles. The molecular weight excluding hydrogens is 414 g/mol. The number of nitrogens with zero attached hydrogens (tertiary/aromatic N) is 2. The van der Waals surface area contributed by atoms with Crippen molar-refractivity contribution in [2.75, 3.05) is 10.6 Å². The molecule has 2 aromatic carbocycles. The molecule has 1 heterocycles. The van der Waals surface area contributed by atoms with Crippen molar-refractivity contribution in [1.29, 1.82) is 0 Å². The van der Waals surface area contributed by atoms with Crippen molar-refractivity contribution in [3.05, 3.63) is 63.9 Å². The highest BCUT2D eigenvalue weighted by Gasteiger charge is 2.19. The van der Waals surface area contributed by atoms with Gasteiger partial charge in [-0.3, -0.25) is 19.4 Å². The normalized spacial score (nSPS) is 11.6. The molecule has 3 N–H and O–H groups in total. The highest BCUT2D eigenvalue weighted by atomic mass is 32.2. The molecular formula is C22H23N5O3S. The van der Waals surface area contributed by atoms with Crippen LogP contribution in [-0.4, -0.2) is 32.2 Å². The molecule has 0 aliphatic rings. The first-order valence-electron chi connectivity index (χ1n) is 9.63. The fourth-order valence-corrected chi connectivity index (χ4v) is 3.60. The molecule has 0 aliphatic carbocycles. The molecule has 1 unspecified atom stereocenters. The van der Waals surface area contributed by atoms with Gasteiger partial charge < -0.3 is 10.6 Å². The minimum Gasteiger partial charge on any atom is -0.325 e. The van der Waals surface area contributed by atoms with E-state index >= 15 is 0 Å². The lowest BCUT2D eigenvalue weighted by Gasteiger charge is -2.13. The topological polar surface area (TPSA) is 117 Å². The summed E-state index contributed by atoms with van der Waals surface area (Å²) in [4.78, 5) is 39.3. The second-order valence-electron chi connectivity index (χ2n) is 7.10. The van der Waals surface area contributed by atoms with E-state index < -0.39 is 10.8 Å². The van der Waals surface area contributed by atoms with Gasteiger partial charge in [-0.15, -0.1) is 10.2 Å². The summed E-state index contributed by atoms with van der Waals surface area (Å²) in [6.45, 7) is 6.92. The zero-order valence-electron chi connectivity index (χ0n) is 17.6. The van der Waals surface area contributed by atoms with Crippen molar-refractivity contribution in [2.45, 2.75) is 38.1 Å². The summed E-state index contributed by atoms with van der Waals surface area (Å²) < 4.78 is 0. The van der Waals surface area contributed by atoms with Crippen LogP contribution in [0.2, 0.25) is 0 Å². The average molecular weight is 438 g/mol. The number of benzene rings is 2. The summed E-state index contributed by atoms with van der Waals surface area (Å²) in [5.41, 5.74) is 3.22. The predicted molar refractivity (Wildman–Crippen MR) is 122 cm³/mol. The van der Waals surface area contributed by atoms with Gasteiger partial charge in [-0.05, 0) is 38.5 Å². The van der Waals surface area contributed by atoms with Crippen molar-refractivity contribution in [2.24, 2.45) is 0 Å². The highest BCUT2D eigenvalue weighted by Crippen LogP contribution is 2.28. The third kappa shape index (κ3) is 5.58. The van der Waals surface area contributed by atoms with E-state index in [1.807, 2.05) is 44.2 Å². The average Bonchev–Trinajstić information content (AvgIpc) is 2.71. The molecule has 0 spiro atoms. The number of carbonyl (C=O) groups excluding carboxylic acids is 2. The van der Waals surface area contributed by atoms with Gasteiger partial charge >= 0.3 is 0 Å². The van der Waals surface area contributed by atoms with Crippen LogP contribution < -0.4 is 16.2 Å². The fraction of sp³-hybridized carbons (Fsp3) is 0.227. The Morgan fingerprint density at radius 2 is 1.74 bits per heavy atom. The van der Waals surface area contributed by atoms with Crippen molar-refractivity contribution in [3.63, 3.8) is 0 Å². The molecule has 160 valence electrons. The number of carbonyl (C=O) groups is 2. The van der Waals surface area contributed by atoms with E-state index in [4.69, 9.17) is 0 Å². The van der Waals surface area contributed by atoms with Crippen LogP contribution in [-0.2, 0) is 9.59 Å². The van der Waals surface area contributed by atoms with Gasteiger partial charge in [0, 0.05) is 18.2 Å². The van der Waals surface area contributed by atoms with Crippen LogP contribution in [0.5, 0.6) is 0 Å². The van der Waals surface area contributed by atoms with Gasteiger partial charge in [0.25, 0.3) is 5.56 Å². The second kappa shape index (κ2) is 9.57. The van der Waals surface area contributed by atoms with Crippen LogP contribution in [0.1, 0.15) is 25.0 Å². The van der Waals surface area contributed by atoms with Crippen molar-refractivity contribution in [3.8, 4) is 11.3 Å². The quantitative estimate of drug-likeness (QED) is 0.508. The molecule has 3 aromatic rings. The molecule has 0 aliphatic heterocycles. The van der Waals surface area contributed by atoms with Crippen LogP contribution in [0.4, 0.5) is 11.4 Å². The lowest BCUT2D eigenvalue weighted by atomic mass is 10.1. The maximum absolute atomic E-state index is 12.7. The first-order valence-corrected chi connectivity index (χ1v) is 10.5. The van der Waals surface area contributed by atoms with Crippen LogP contribution in [0.15, 0.2) is 52.4 Å². The maximum Gasteiger partial charge on any atom is 0.278 e. The monoisotopic (exact) mass is 437 g/mol. The van der Waals surface area contributed by atoms with Crippen LogP contribution in [0.3, 0.4) is 0 Å². The molecule has 1 atom stereocenters. The van der Waals surface area contributed by atoms with E-state index in [2.05, 4.69) is 25.8 Å².